The van der Waals surface area contributed by atoms with Gasteiger partial charge in [-0.25, -0.2) is 9.97 Å². The van der Waals surface area contributed by atoms with Gasteiger partial charge in [0, 0.05) is 18.7 Å². The molecule has 1 aromatic rings. The number of aromatic nitrogens is 2. The van der Waals surface area contributed by atoms with Gasteiger partial charge in [0.25, 0.3) is 0 Å². The summed E-state index contributed by atoms with van der Waals surface area (Å²) in [7, 11) is 0. The highest BCUT2D eigenvalue weighted by Gasteiger charge is 2.28. The highest BCUT2D eigenvalue weighted by atomic mass is 35.5. The first-order valence-corrected chi connectivity index (χ1v) is 5.82. The number of hydrogen-bond donors (Lipinski definition) is 1. The number of rotatable bonds is 1. The number of piperidine rings is 1. The molecule has 0 bridgehead atoms. The van der Waals surface area contributed by atoms with Crippen molar-refractivity contribution in [3.8, 4) is 0 Å². The van der Waals surface area contributed by atoms with Crippen LogP contribution in [0.1, 0.15) is 25.3 Å². The van der Waals surface area contributed by atoms with Gasteiger partial charge in [-0.1, -0.05) is 11.6 Å². The van der Waals surface area contributed by atoms with Crippen molar-refractivity contribution < 1.29 is 5.11 Å². The van der Waals surface area contributed by atoms with Crippen molar-refractivity contribution in [3.63, 3.8) is 0 Å². The van der Waals surface area contributed by atoms with Gasteiger partial charge in [0.15, 0.2) is 0 Å². The Hall–Kier alpha value is -0.870. The summed E-state index contributed by atoms with van der Waals surface area (Å²) in [4.78, 5) is 10.4. The molecule has 0 saturated carbocycles. The second kappa shape index (κ2) is 4.18. The van der Waals surface area contributed by atoms with E-state index >= 15 is 0 Å². The Morgan fingerprint density at radius 1 is 1.38 bits per heavy atom. The number of anilines is 1. The molecule has 2 heterocycles. The minimum atomic E-state index is -0.540. The molecule has 1 aromatic heterocycles. The standard InChI is InChI=1S/C11H16ClN3O/c1-8-9(12)13-7-14-10(8)15-5-3-11(2,16)4-6-15/h7,16H,3-6H2,1-2H3. The molecule has 0 amide bonds. The lowest BCUT2D eigenvalue weighted by atomic mass is 9.94. The SMILES string of the molecule is Cc1c(Cl)ncnc1N1CCC(C)(O)CC1. The molecule has 0 radical (unpaired) electrons. The molecule has 4 nitrogen and oxygen atoms in total. The summed E-state index contributed by atoms with van der Waals surface area (Å²) in [5, 5.41) is 10.4. The van der Waals surface area contributed by atoms with E-state index in [0.717, 1.165) is 37.3 Å². The molecular formula is C11H16ClN3O. The van der Waals surface area contributed by atoms with E-state index in [9.17, 15) is 5.11 Å². The van der Waals surface area contributed by atoms with Crippen molar-refractivity contribution in [3.05, 3.63) is 17.0 Å². The van der Waals surface area contributed by atoms with Gasteiger partial charge in [-0.3, -0.25) is 0 Å². The van der Waals surface area contributed by atoms with Crippen LogP contribution in [0.5, 0.6) is 0 Å². The van der Waals surface area contributed by atoms with Crippen molar-refractivity contribution in [1.82, 2.24) is 9.97 Å². The third-order valence-corrected chi connectivity index (χ3v) is 3.52. The Bertz CT molecular complexity index is 385. The molecule has 1 aliphatic heterocycles. The van der Waals surface area contributed by atoms with E-state index in [1.807, 2.05) is 13.8 Å². The van der Waals surface area contributed by atoms with E-state index in [1.165, 1.54) is 6.33 Å². The molecule has 1 saturated heterocycles. The summed E-state index contributed by atoms with van der Waals surface area (Å²) < 4.78 is 0. The lowest BCUT2D eigenvalue weighted by molar-refractivity contribution is 0.0350. The van der Waals surface area contributed by atoms with Crippen LogP contribution in [0.15, 0.2) is 6.33 Å². The van der Waals surface area contributed by atoms with Gasteiger partial charge in [0.05, 0.1) is 5.60 Å². The van der Waals surface area contributed by atoms with Gasteiger partial charge < -0.3 is 10.0 Å². The Morgan fingerprint density at radius 2 is 2.00 bits per heavy atom. The lowest BCUT2D eigenvalue weighted by Gasteiger charge is -2.36. The zero-order valence-corrected chi connectivity index (χ0v) is 10.3. The summed E-state index contributed by atoms with van der Waals surface area (Å²) in [6.45, 7) is 5.41. The number of halogens is 1. The predicted octanol–water partition coefficient (Wildman–Crippen LogP) is 1.79. The predicted molar refractivity (Wildman–Crippen MR) is 63.8 cm³/mol. The van der Waals surface area contributed by atoms with Crippen LogP contribution in [-0.2, 0) is 0 Å². The van der Waals surface area contributed by atoms with Crippen LogP contribution in [0, 0.1) is 6.92 Å². The summed E-state index contributed by atoms with van der Waals surface area (Å²) in [5.41, 5.74) is 0.368. The normalized spacial score (nSPS) is 19.9. The first kappa shape index (κ1) is 11.6. The van der Waals surface area contributed by atoms with E-state index in [1.54, 1.807) is 0 Å². The summed E-state index contributed by atoms with van der Waals surface area (Å²) in [6.07, 6.45) is 3.00. The highest BCUT2D eigenvalue weighted by Crippen LogP contribution is 2.28. The summed E-state index contributed by atoms with van der Waals surface area (Å²) in [5.74, 6) is 0.885. The maximum absolute atomic E-state index is 9.88. The average molecular weight is 242 g/mol. The van der Waals surface area contributed by atoms with Crippen LogP contribution in [0.25, 0.3) is 0 Å². The van der Waals surface area contributed by atoms with E-state index in [2.05, 4.69) is 14.9 Å². The fourth-order valence-electron chi connectivity index (χ4n) is 1.94. The monoisotopic (exact) mass is 241 g/mol. The van der Waals surface area contributed by atoms with Crippen LogP contribution in [0.4, 0.5) is 5.82 Å². The first-order chi connectivity index (χ1) is 7.49. The molecule has 5 heteroatoms. The van der Waals surface area contributed by atoms with Crippen molar-refractivity contribution >= 4 is 17.4 Å². The Balaban J connectivity index is 2.17. The molecule has 0 atom stereocenters. The van der Waals surface area contributed by atoms with Crippen LogP contribution in [0.2, 0.25) is 5.15 Å². The summed E-state index contributed by atoms with van der Waals surface area (Å²) >= 11 is 5.96. The molecule has 0 unspecified atom stereocenters. The smallest absolute Gasteiger partial charge is 0.137 e. The molecule has 0 spiro atoms. The molecule has 0 aromatic carbocycles. The molecule has 1 fully saturated rings. The van der Waals surface area contributed by atoms with Gasteiger partial charge in [-0.2, -0.15) is 0 Å². The Morgan fingerprint density at radius 3 is 2.62 bits per heavy atom. The molecule has 0 aliphatic carbocycles. The van der Waals surface area contributed by atoms with Gasteiger partial charge in [0.2, 0.25) is 0 Å². The largest absolute Gasteiger partial charge is 0.390 e. The van der Waals surface area contributed by atoms with Crippen LogP contribution >= 0.6 is 11.6 Å². The van der Waals surface area contributed by atoms with E-state index in [0.29, 0.717) is 5.15 Å². The molecule has 2 rings (SSSR count). The first-order valence-electron chi connectivity index (χ1n) is 5.44. The van der Waals surface area contributed by atoms with Crippen molar-refractivity contribution in [1.29, 1.82) is 0 Å². The highest BCUT2D eigenvalue weighted by molar-refractivity contribution is 6.30. The minimum Gasteiger partial charge on any atom is -0.390 e. The van der Waals surface area contributed by atoms with E-state index in [4.69, 9.17) is 11.6 Å². The fourth-order valence-corrected chi connectivity index (χ4v) is 2.07. The van der Waals surface area contributed by atoms with Gasteiger partial charge in [-0.15, -0.1) is 0 Å². The molecule has 1 aliphatic rings. The van der Waals surface area contributed by atoms with E-state index < -0.39 is 5.60 Å². The second-order valence-corrected chi connectivity index (χ2v) is 4.96. The van der Waals surface area contributed by atoms with Crippen LogP contribution in [0.3, 0.4) is 0 Å². The van der Waals surface area contributed by atoms with Crippen LogP contribution < -0.4 is 4.90 Å². The molecular weight excluding hydrogens is 226 g/mol. The van der Waals surface area contributed by atoms with Gasteiger partial charge >= 0.3 is 0 Å². The average Bonchev–Trinajstić information content (AvgIpc) is 2.23. The maximum atomic E-state index is 9.88. The molecule has 16 heavy (non-hydrogen) atoms. The second-order valence-electron chi connectivity index (χ2n) is 4.60. The topological polar surface area (TPSA) is 49.2 Å². The fraction of sp³-hybridized carbons (Fsp3) is 0.636. The number of hydrogen-bond acceptors (Lipinski definition) is 4. The summed E-state index contributed by atoms with van der Waals surface area (Å²) in [6, 6.07) is 0. The zero-order valence-electron chi connectivity index (χ0n) is 9.57. The molecule has 88 valence electrons. The van der Waals surface area contributed by atoms with Crippen LogP contribution in [-0.4, -0.2) is 33.8 Å². The Kier molecular flexibility index (Phi) is 3.04. The minimum absolute atomic E-state index is 0.502. The quantitative estimate of drug-likeness (QED) is 0.762. The lowest BCUT2D eigenvalue weighted by Crippen LogP contribution is -2.43. The Labute approximate surface area is 100 Å². The van der Waals surface area contributed by atoms with Crippen molar-refractivity contribution in [2.45, 2.75) is 32.3 Å². The molecule has 1 N–H and O–H groups in total. The number of nitrogens with zero attached hydrogens (tertiary/aromatic N) is 3. The maximum Gasteiger partial charge on any atom is 0.137 e. The van der Waals surface area contributed by atoms with Crippen molar-refractivity contribution in [2.24, 2.45) is 0 Å². The van der Waals surface area contributed by atoms with Crippen molar-refractivity contribution in [2.75, 3.05) is 18.0 Å². The number of aliphatic hydroxyl groups is 1. The zero-order chi connectivity index (χ0) is 11.8. The van der Waals surface area contributed by atoms with Gasteiger partial charge in [0.1, 0.15) is 17.3 Å². The third kappa shape index (κ3) is 2.28. The van der Waals surface area contributed by atoms with Gasteiger partial charge in [-0.05, 0) is 26.7 Å². The van der Waals surface area contributed by atoms with E-state index in [-0.39, 0.29) is 0 Å². The third-order valence-electron chi connectivity index (χ3n) is 3.14.